The normalized spacial score (nSPS) is 16.8. The van der Waals surface area contributed by atoms with Crippen molar-refractivity contribution in [2.75, 3.05) is 20.2 Å². The van der Waals surface area contributed by atoms with Crippen LogP contribution in [0.3, 0.4) is 0 Å². The van der Waals surface area contributed by atoms with Gasteiger partial charge in [0.05, 0.1) is 7.11 Å². The molecule has 0 radical (unpaired) electrons. The molecule has 1 atom stereocenters. The van der Waals surface area contributed by atoms with Gasteiger partial charge in [-0.1, -0.05) is 30.3 Å². The topological polar surface area (TPSA) is 41.5 Å². The SMILES string of the molecule is COc1cccc2c1CCCC2CNCCc1ccccc1O. The number of rotatable bonds is 6. The molecule has 0 spiro atoms. The first-order chi connectivity index (χ1) is 11.3. The summed E-state index contributed by atoms with van der Waals surface area (Å²) in [6.45, 7) is 1.86. The van der Waals surface area contributed by atoms with E-state index in [-0.39, 0.29) is 0 Å². The van der Waals surface area contributed by atoms with Gasteiger partial charge in [-0.3, -0.25) is 0 Å². The Kier molecular flexibility index (Phi) is 5.19. The van der Waals surface area contributed by atoms with Crippen LogP contribution in [-0.2, 0) is 12.8 Å². The number of fused-ring (bicyclic) bond motifs is 1. The maximum atomic E-state index is 9.80. The minimum Gasteiger partial charge on any atom is -0.508 e. The number of phenolic OH excluding ortho intramolecular Hbond substituents is 1. The quantitative estimate of drug-likeness (QED) is 0.800. The molecular formula is C20H25NO2. The number of benzene rings is 2. The third kappa shape index (κ3) is 3.67. The third-order valence-electron chi connectivity index (χ3n) is 4.76. The van der Waals surface area contributed by atoms with E-state index in [1.165, 1.54) is 24.0 Å². The smallest absolute Gasteiger partial charge is 0.122 e. The van der Waals surface area contributed by atoms with Crippen LogP contribution in [0.4, 0.5) is 0 Å². The van der Waals surface area contributed by atoms with E-state index in [0.29, 0.717) is 11.7 Å². The van der Waals surface area contributed by atoms with Crippen molar-refractivity contribution in [2.45, 2.75) is 31.6 Å². The molecular weight excluding hydrogens is 286 g/mol. The highest BCUT2D eigenvalue weighted by Crippen LogP contribution is 2.36. The Labute approximate surface area is 138 Å². The molecule has 23 heavy (non-hydrogen) atoms. The zero-order valence-electron chi connectivity index (χ0n) is 13.7. The van der Waals surface area contributed by atoms with Gasteiger partial charge < -0.3 is 15.2 Å². The van der Waals surface area contributed by atoms with Crippen LogP contribution in [-0.4, -0.2) is 25.3 Å². The van der Waals surface area contributed by atoms with Crippen molar-refractivity contribution < 1.29 is 9.84 Å². The summed E-state index contributed by atoms with van der Waals surface area (Å²) < 4.78 is 5.51. The summed E-state index contributed by atoms with van der Waals surface area (Å²) in [4.78, 5) is 0. The number of aromatic hydroxyl groups is 1. The van der Waals surface area contributed by atoms with Gasteiger partial charge >= 0.3 is 0 Å². The van der Waals surface area contributed by atoms with E-state index in [9.17, 15) is 5.11 Å². The molecule has 3 heteroatoms. The number of methoxy groups -OCH3 is 1. The van der Waals surface area contributed by atoms with Gasteiger partial charge in [-0.15, -0.1) is 0 Å². The van der Waals surface area contributed by atoms with E-state index in [1.54, 1.807) is 13.2 Å². The van der Waals surface area contributed by atoms with Crippen LogP contribution in [0.25, 0.3) is 0 Å². The Bertz CT molecular complexity index is 654. The fraction of sp³-hybridized carbons (Fsp3) is 0.400. The van der Waals surface area contributed by atoms with Gasteiger partial charge in [-0.25, -0.2) is 0 Å². The number of hydrogen-bond acceptors (Lipinski definition) is 3. The molecule has 2 N–H and O–H groups in total. The van der Waals surface area contributed by atoms with Crippen molar-refractivity contribution in [3.63, 3.8) is 0 Å². The lowest BCUT2D eigenvalue weighted by Gasteiger charge is -2.27. The second-order valence-corrected chi connectivity index (χ2v) is 6.20. The second-order valence-electron chi connectivity index (χ2n) is 6.20. The predicted molar refractivity (Wildman–Crippen MR) is 93.4 cm³/mol. The summed E-state index contributed by atoms with van der Waals surface area (Å²) in [5, 5.41) is 13.4. The molecule has 0 amide bonds. The first-order valence-corrected chi connectivity index (χ1v) is 8.43. The van der Waals surface area contributed by atoms with Gasteiger partial charge in [0.15, 0.2) is 0 Å². The van der Waals surface area contributed by atoms with E-state index >= 15 is 0 Å². The molecule has 3 rings (SSSR count). The van der Waals surface area contributed by atoms with Gasteiger partial charge in [0, 0.05) is 6.54 Å². The van der Waals surface area contributed by atoms with Gasteiger partial charge in [-0.2, -0.15) is 0 Å². The Morgan fingerprint density at radius 1 is 1.17 bits per heavy atom. The van der Waals surface area contributed by atoms with E-state index in [4.69, 9.17) is 4.74 Å². The lowest BCUT2D eigenvalue weighted by molar-refractivity contribution is 0.401. The molecule has 1 unspecified atom stereocenters. The molecule has 0 heterocycles. The molecule has 3 nitrogen and oxygen atoms in total. The summed E-state index contributed by atoms with van der Waals surface area (Å²) in [7, 11) is 1.75. The van der Waals surface area contributed by atoms with Crippen molar-refractivity contribution >= 4 is 0 Å². The molecule has 2 aromatic rings. The molecule has 0 saturated heterocycles. The minimum atomic E-state index is 0.391. The summed E-state index contributed by atoms with van der Waals surface area (Å²) in [5.74, 6) is 1.97. The average Bonchev–Trinajstić information content (AvgIpc) is 2.59. The van der Waals surface area contributed by atoms with Crippen LogP contribution in [0, 0.1) is 0 Å². The van der Waals surface area contributed by atoms with Crippen molar-refractivity contribution in [1.29, 1.82) is 0 Å². The van der Waals surface area contributed by atoms with E-state index in [1.807, 2.05) is 18.2 Å². The zero-order valence-corrected chi connectivity index (χ0v) is 13.7. The molecule has 1 aliphatic rings. The molecule has 2 aromatic carbocycles. The Hall–Kier alpha value is -2.00. The zero-order chi connectivity index (χ0) is 16.1. The summed E-state index contributed by atoms with van der Waals surface area (Å²) in [6, 6.07) is 14.0. The maximum Gasteiger partial charge on any atom is 0.122 e. The standard InChI is InChI=1S/C20H25NO2/c1-23-20-11-5-8-17-16(7-4-9-18(17)20)14-21-13-12-15-6-2-3-10-19(15)22/h2-3,5-6,8,10-11,16,21-22H,4,7,9,12-14H2,1H3. The molecule has 0 fully saturated rings. The Morgan fingerprint density at radius 2 is 2.04 bits per heavy atom. The van der Waals surface area contributed by atoms with Gasteiger partial charge in [0.25, 0.3) is 0 Å². The van der Waals surface area contributed by atoms with Crippen LogP contribution in [0.1, 0.15) is 35.4 Å². The first kappa shape index (κ1) is 15.9. The molecule has 0 aromatic heterocycles. The molecule has 0 aliphatic heterocycles. The lowest BCUT2D eigenvalue weighted by Crippen LogP contribution is -2.26. The van der Waals surface area contributed by atoms with Gasteiger partial charge in [0.2, 0.25) is 0 Å². The largest absolute Gasteiger partial charge is 0.508 e. The Balaban J connectivity index is 1.57. The lowest BCUT2D eigenvalue weighted by atomic mass is 9.82. The summed E-state index contributed by atoms with van der Waals surface area (Å²) >= 11 is 0. The predicted octanol–water partition coefficient (Wildman–Crippen LogP) is 3.65. The highest BCUT2D eigenvalue weighted by molar-refractivity contribution is 5.43. The van der Waals surface area contributed by atoms with Crippen molar-refractivity contribution in [1.82, 2.24) is 5.32 Å². The summed E-state index contributed by atoms with van der Waals surface area (Å²) in [5.41, 5.74) is 3.82. The molecule has 122 valence electrons. The molecule has 0 bridgehead atoms. The third-order valence-corrected chi connectivity index (χ3v) is 4.76. The fourth-order valence-electron chi connectivity index (χ4n) is 3.54. The highest BCUT2D eigenvalue weighted by Gasteiger charge is 2.22. The maximum absolute atomic E-state index is 9.80. The van der Waals surface area contributed by atoms with Crippen molar-refractivity contribution in [3.05, 3.63) is 59.2 Å². The van der Waals surface area contributed by atoms with Crippen molar-refractivity contribution in [2.24, 2.45) is 0 Å². The fourth-order valence-corrected chi connectivity index (χ4v) is 3.54. The van der Waals surface area contributed by atoms with Crippen LogP contribution >= 0.6 is 0 Å². The van der Waals surface area contributed by atoms with Gasteiger partial charge in [-0.05, 0) is 67.0 Å². The number of ether oxygens (including phenoxy) is 1. The van der Waals surface area contributed by atoms with Crippen LogP contribution in [0.5, 0.6) is 11.5 Å². The molecule has 0 saturated carbocycles. The average molecular weight is 311 g/mol. The molecule has 1 aliphatic carbocycles. The second kappa shape index (κ2) is 7.51. The van der Waals surface area contributed by atoms with Crippen LogP contribution < -0.4 is 10.1 Å². The number of phenols is 1. The van der Waals surface area contributed by atoms with E-state index in [2.05, 4.69) is 23.5 Å². The number of hydrogen-bond donors (Lipinski definition) is 2. The van der Waals surface area contributed by atoms with Gasteiger partial charge in [0.1, 0.15) is 11.5 Å². The first-order valence-electron chi connectivity index (χ1n) is 8.43. The minimum absolute atomic E-state index is 0.391. The number of nitrogens with one attached hydrogen (secondary N) is 1. The highest BCUT2D eigenvalue weighted by atomic mass is 16.5. The Morgan fingerprint density at radius 3 is 2.87 bits per heavy atom. The summed E-state index contributed by atoms with van der Waals surface area (Å²) in [6.07, 6.45) is 4.42. The van der Waals surface area contributed by atoms with E-state index < -0.39 is 0 Å². The monoisotopic (exact) mass is 311 g/mol. The van der Waals surface area contributed by atoms with Crippen LogP contribution in [0.2, 0.25) is 0 Å². The van der Waals surface area contributed by atoms with E-state index in [0.717, 1.165) is 37.2 Å². The number of para-hydroxylation sites is 1. The van der Waals surface area contributed by atoms with Crippen molar-refractivity contribution in [3.8, 4) is 11.5 Å². The van der Waals surface area contributed by atoms with Crippen LogP contribution in [0.15, 0.2) is 42.5 Å².